The summed E-state index contributed by atoms with van der Waals surface area (Å²) >= 11 is 0. The van der Waals surface area contributed by atoms with E-state index in [2.05, 4.69) is 9.47 Å². The first kappa shape index (κ1) is 12.6. The first-order valence-electron chi connectivity index (χ1n) is 2.89. The van der Waals surface area contributed by atoms with Crippen molar-refractivity contribution in [1.29, 1.82) is 0 Å². The van der Waals surface area contributed by atoms with Gasteiger partial charge in [-0.2, -0.15) is 0 Å². The van der Waals surface area contributed by atoms with Crippen molar-refractivity contribution in [2.45, 2.75) is 13.8 Å². The highest BCUT2D eigenvalue weighted by Gasteiger charge is 1.94. The minimum atomic E-state index is -0.368. The van der Waals surface area contributed by atoms with E-state index in [1.165, 1.54) is 13.8 Å². The van der Waals surface area contributed by atoms with Crippen LogP contribution in [0.2, 0.25) is 0 Å². The molecule has 2 N–H and O–H groups in total. The molecule has 0 heterocycles. The third kappa shape index (κ3) is 12.2. The molecule has 0 aromatic heterocycles. The van der Waals surface area contributed by atoms with Gasteiger partial charge in [0.05, 0.1) is 0 Å². The van der Waals surface area contributed by atoms with Crippen LogP contribution in [0.25, 0.3) is 0 Å². The van der Waals surface area contributed by atoms with Gasteiger partial charge in [-0.1, -0.05) is 0 Å². The van der Waals surface area contributed by atoms with Gasteiger partial charge >= 0.3 is 11.9 Å². The Labute approximate surface area is 64.6 Å². The summed E-state index contributed by atoms with van der Waals surface area (Å²) in [4.78, 5) is 20.3. The molecule has 66 valence electrons. The zero-order valence-corrected chi connectivity index (χ0v) is 6.55. The first-order chi connectivity index (χ1) is 4.63. The Bertz CT molecular complexity index is 115. The van der Waals surface area contributed by atoms with Gasteiger partial charge in [0.15, 0.2) is 0 Å². The molecule has 0 rings (SSSR count). The number of rotatable bonds is 3. The summed E-state index contributed by atoms with van der Waals surface area (Å²) in [6, 6.07) is 0. The van der Waals surface area contributed by atoms with Crippen molar-refractivity contribution in [2.75, 3.05) is 13.2 Å². The van der Waals surface area contributed by atoms with Crippen LogP contribution in [0.15, 0.2) is 0 Å². The lowest BCUT2D eigenvalue weighted by Gasteiger charge is -2.00. The van der Waals surface area contributed by atoms with Crippen LogP contribution in [0.5, 0.6) is 0 Å². The molecule has 0 fully saturated rings. The molecule has 0 aliphatic rings. The molecule has 0 aromatic carbocycles. The molecule has 0 aliphatic heterocycles. The lowest BCUT2D eigenvalue weighted by molar-refractivity contribution is -0.149. The Morgan fingerprint density at radius 1 is 1.00 bits per heavy atom. The van der Waals surface area contributed by atoms with Crippen LogP contribution in [0.3, 0.4) is 0 Å². The van der Waals surface area contributed by atoms with Gasteiger partial charge in [-0.05, 0) is 0 Å². The van der Waals surface area contributed by atoms with E-state index in [-0.39, 0.29) is 30.6 Å². The maximum Gasteiger partial charge on any atom is 0.302 e. The average molecular weight is 164 g/mol. The second kappa shape index (κ2) is 7.01. The Kier molecular flexibility index (Phi) is 8.01. The molecule has 0 spiro atoms. The van der Waals surface area contributed by atoms with Crippen LogP contribution in [0, 0.1) is 0 Å². The second-order valence-corrected chi connectivity index (χ2v) is 1.68. The van der Waals surface area contributed by atoms with Gasteiger partial charge in [0.2, 0.25) is 0 Å². The fourth-order valence-electron chi connectivity index (χ4n) is 0.371. The summed E-state index contributed by atoms with van der Waals surface area (Å²) in [7, 11) is 0. The molecule has 0 atom stereocenters. The predicted molar refractivity (Wildman–Crippen MR) is 36.9 cm³/mol. The Morgan fingerprint density at radius 3 is 1.45 bits per heavy atom. The van der Waals surface area contributed by atoms with Gasteiger partial charge in [-0.15, -0.1) is 0 Å². The average Bonchev–Trinajstić information content (AvgIpc) is 1.79. The molecule has 5 nitrogen and oxygen atoms in total. The van der Waals surface area contributed by atoms with Crippen LogP contribution < -0.4 is 0 Å². The highest BCUT2D eigenvalue weighted by Crippen LogP contribution is 1.79. The van der Waals surface area contributed by atoms with E-state index in [4.69, 9.17) is 0 Å². The summed E-state index contributed by atoms with van der Waals surface area (Å²) in [5.41, 5.74) is 0. The molecular formula is C6H12O5. The first-order valence-corrected chi connectivity index (χ1v) is 2.89. The smallest absolute Gasteiger partial charge is 0.302 e. The lowest BCUT2D eigenvalue weighted by Crippen LogP contribution is -2.09. The fourth-order valence-corrected chi connectivity index (χ4v) is 0.371. The number of hydrogen-bond acceptors (Lipinski definition) is 4. The summed E-state index contributed by atoms with van der Waals surface area (Å²) < 4.78 is 8.95. The Morgan fingerprint density at radius 2 is 1.27 bits per heavy atom. The summed E-state index contributed by atoms with van der Waals surface area (Å²) in [5, 5.41) is 0. The SMILES string of the molecule is CC(=O)OCCOC(C)=O.O. The van der Waals surface area contributed by atoms with Crippen molar-refractivity contribution in [1.82, 2.24) is 0 Å². The molecule has 0 amide bonds. The van der Waals surface area contributed by atoms with Gasteiger partial charge in [0.1, 0.15) is 13.2 Å². The van der Waals surface area contributed by atoms with Crippen LogP contribution in [-0.2, 0) is 19.1 Å². The van der Waals surface area contributed by atoms with Gasteiger partial charge < -0.3 is 14.9 Å². The van der Waals surface area contributed by atoms with Crippen molar-refractivity contribution in [3.8, 4) is 0 Å². The molecule has 11 heavy (non-hydrogen) atoms. The minimum Gasteiger partial charge on any atom is -0.462 e. The Balaban J connectivity index is 0. The third-order valence-corrected chi connectivity index (χ3v) is 0.694. The van der Waals surface area contributed by atoms with Crippen molar-refractivity contribution < 1.29 is 24.5 Å². The van der Waals surface area contributed by atoms with Crippen LogP contribution in [-0.4, -0.2) is 30.6 Å². The van der Waals surface area contributed by atoms with Gasteiger partial charge in [0.25, 0.3) is 0 Å². The van der Waals surface area contributed by atoms with Crippen LogP contribution in [0.4, 0.5) is 0 Å². The van der Waals surface area contributed by atoms with E-state index >= 15 is 0 Å². The monoisotopic (exact) mass is 164 g/mol. The van der Waals surface area contributed by atoms with E-state index in [9.17, 15) is 9.59 Å². The lowest BCUT2D eigenvalue weighted by atomic mass is 10.7. The molecular weight excluding hydrogens is 152 g/mol. The van der Waals surface area contributed by atoms with Crippen molar-refractivity contribution in [3.63, 3.8) is 0 Å². The molecule has 0 radical (unpaired) electrons. The second-order valence-electron chi connectivity index (χ2n) is 1.68. The highest BCUT2D eigenvalue weighted by atomic mass is 16.6. The van der Waals surface area contributed by atoms with Gasteiger partial charge in [-0.25, -0.2) is 0 Å². The molecule has 0 aliphatic carbocycles. The van der Waals surface area contributed by atoms with E-state index in [0.717, 1.165) is 0 Å². The highest BCUT2D eigenvalue weighted by molar-refractivity contribution is 5.66. The molecule has 0 aromatic rings. The maximum absolute atomic E-state index is 10.1. The minimum absolute atomic E-state index is 0. The number of carbonyl (C=O) groups is 2. The summed E-state index contributed by atoms with van der Waals surface area (Å²) in [6.45, 7) is 2.87. The summed E-state index contributed by atoms with van der Waals surface area (Å²) in [6.07, 6.45) is 0. The van der Waals surface area contributed by atoms with Gasteiger partial charge in [-0.3, -0.25) is 9.59 Å². The standard InChI is InChI=1S/C6H10O4.H2O/c1-5(7)9-3-4-10-6(2)8;/h3-4H2,1-2H3;1H2. The van der Waals surface area contributed by atoms with Crippen molar-refractivity contribution in [3.05, 3.63) is 0 Å². The van der Waals surface area contributed by atoms with E-state index in [1.54, 1.807) is 0 Å². The number of ether oxygens (including phenoxy) is 2. The zero-order valence-electron chi connectivity index (χ0n) is 6.55. The fraction of sp³-hybridized carbons (Fsp3) is 0.667. The predicted octanol–water partition coefficient (Wildman–Crippen LogP) is -0.712. The number of hydrogen-bond donors (Lipinski definition) is 0. The molecule has 5 heteroatoms. The number of esters is 2. The molecule has 0 saturated heterocycles. The van der Waals surface area contributed by atoms with Gasteiger partial charge in [0, 0.05) is 13.8 Å². The van der Waals surface area contributed by atoms with Crippen LogP contribution >= 0.6 is 0 Å². The third-order valence-electron chi connectivity index (χ3n) is 0.694. The normalized spacial score (nSPS) is 7.82. The zero-order chi connectivity index (χ0) is 7.98. The maximum atomic E-state index is 10.1. The largest absolute Gasteiger partial charge is 0.462 e. The van der Waals surface area contributed by atoms with Crippen molar-refractivity contribution >= 4 is 11.9 Å². The molecule has 0 saturated carbocycles. The molecule has 0 unspecified atom stereocenters. The van der Waals surface area contributed by atoms with E-state index in [0.29, 0.717) is 0 Å². The van der Waals surface area contributed by atoms with E-state index in [1.807, 2.05) is 0 Å². The molecule has 0 bridgehead atoms. The Hall–Kier alpha value is -1.10. The quantitative estimate of drug-likeness (QED) is 0.407. The summed E-state index contributed by atoms with van der Waals surface area (Å²) in [5.74, 6) is -0.737. The van der Waals surface area contributed by atoms with E-state index < -0.39 is 0 Å². The van der Waals surface area contributed by atoms with Crippen molar-refractivity contribution in [2.24, 2.45) is 0 Å². The number of carbonyl (C=O) groups excluding carboxylic acids is 2. The topological polar surface area (TPSA) is 84.1 Å². The van der Waals surface area contributed by atoms with Crippen LogP contribution in [0.1, 0.15) is 13.8 Å².